The van der Waals surface area contributed by atoms with Crippen LogP contribution in [0.4, 0.5) is 0 Å². The fraction of sp³-hybridized carbons (Fsp3) is 0. The zero-order valence-electron chi connectivity index (χ0n) is 3.48. The third-order valence-electron chi connectivity index (χ3n) is 0. The molecule has 45 valence electrons. The van der Waals surface area contributed by atoms with Gasteiger partial charge in [-0.1, -0.05) is 0 Å². The van der Waals surface area contributed by atoms with Gasteiger partial charge in [-0.3, -0.25) is 8.42 Å². The molecule has 0 atom stereocenters. The van der Waals surface area contributed by atoms with Gasteiger partial charge in [0.2, 0.25) is 0 Å². The van der Waals surface area contributed by atoms with Crippen LogP contribution in [0.2, 0.25) is 0 Å². The molecule has 0 unspecified atom stereocenters. The van der Waals surface area contributed by atoms with E-state index in [1.807, 2.05) is 0 Å². The first-order chi connectivity index (χ1) is 2.00. The molecule has 0 aromatic rings. The molecule has 0 fully saturated rings. The number of halogens is 1. The van der Waals surface area contributed by atoms with Gasteiger partial charge >= 0.3 is 40.1 Å². The van der Waals surface area contributed by atoms with Gasteiger partial charge in [0.15, 0.2) is 0 Å². The summed E-state index contributed by atoms with van der Waals surface area (Å²) in [5.41, 5.74) is 0. The third-order valence-corrected chi connectivity index (χ3v) is 0. The molecular weight excluding hydrogens is 256 g/mol. The SMILES string of the molecule is O=S(=O)([O-])[O-].[Br-].[Fe+3].[Mg+2]. The van der Waals surface area contributed by atoms with E-state index in [9.17, 15) is 0 Å². The molecule has 0 aliphatic heterocycles. The second-order valence-electron chi connectivity index (χ2n) is 0.408. The van der Waals surface area contributed by atoms with Gasteiger partial charge in [0.25, 0.3) is 0 Å². The topological polar surface area (TPSA) is 80.3 Å². The quantitative estimate of drug-likeness (QED) is 0.248. The minimum Gasteiger partial charge on any atom is -1.00 e. The van der Waals surface area contributed by atoms with Crippen LogP contribution in [0.25, 0.3) is 0 Å². The molecule has 0 heterocycles. The van der Waals surface area contributed by atoms with E-state index in [2.05, 4.69) is 0 Å². The van der Waals surface area contributed by atoms with Crippen LogP contribution in [0.15, 0.2) is 0 Å². The second-order valence-corrected chi connectivity index (χ2v) is 1.22. The molecule has 0 spiro atoms. The molecule has 0 saturated carbocycles. The maximum Gasteiger partial charge on any atom is 3.00 e. The first kappa shape index (κ1) is 22.6. The van der Waals surface area contributed by atoms with E-state index in [1.165, 1.54) is 0 Å². The van der Waals surface area contributed by atoms with Crippen LogP contribution in [0.1, 0.15) is 0 Å². The average molecular weight is 256 g/mol. The summed E-state index contributed by atoms with van der Waals surface area (Å²) in [6, 6.07) is 0. The van der Waals surface area contributed by atoms with E-state index in [1.54, 1.807) is 0 Å². The first-order valence-electron chi connectivity index (χ1n) is 0.667. The number of rotatable bonds is 0. The van der Waals surface area contributed by atoms with E-state index in [-0.39, 0.29) is 57.1 Å². The van der Waals surface area contributed by atoms with Gasteiger partial charge in [0.05, 0.1) is 0 Å². The molecule has 0 bridgehead atoms. The van der Waals surface area contributed by atoms with Gasteiger partial charge in [0, 0.05) is 10.4 Å². The molecule has 0 rings (SSSR count). The molecule has 8 heavy (non-hydrogen) atoms. The van der Waals surface area contributed by atoms with Crippen molar-refractivity contribution in [3.8, 4) is 0 Å². The molecule has 0 aliphatic rings. The maximum atomic E-state index is 8.52. The Morgan fingerprint density at radius 1 is 1.12 bits per heavy atom. The Morgan fingerprint density at radius 2 is 1.12 bits per heavy atom. The van der Waals surface area contributed by atoms with Crippen LogP contribution in [0.3, 0.4) is 0 Å². The summed E-state index contributed by atoms with van der Waals surface area (Å²) in [7, 11) is -5.17. The smallest absolute Gasteiger partial charge is 1.00 e. The number of hydrogen-bond acceptors (Lipinski definition) is 4. The normalized spacial score (nSPS) is 7.25. The summed E-state index contributed by atoms with van der Waals surface area (Å²) in [4.78, 5) is 0. The standard InChI is InChI=1S/BrH.Fe.Mg.H2O4S/c;;;1-5(2,3)4/h1H;;;(H2,1,2,3,4)/q;+3;+2;/p-3. The largest absolute Gasteiger partial charge is 3.00 e. The predicted molar refractivity (Wildman–Crippen MR) is 16.2 cm³/mol. The Balaban J connectivity index is -0.0000000267. The van der Waals surface area contributed by atoms with Crippen LogP contribution in [0, 0.1) is 0 Å². The molecule has 0 N–H and O–H groups in total. The molecule has 0 aromatic heterocycles. The van der Waals surface area contributed by atoms with Crippen molar-refractivity contribution < 1.29 is 51.6 Å². The van der Waals surface area contributed by atoms with Gasteiger partial charge in [0.1, 0.15) is 0 Å². The Bertz CT molecular complexity index is 99.2. The Morgan fingerprint density at radius 3 is 1.12 bits per heavy atom. The number of hydrogen-bond donors (Lipinski definition) is 0. The van der Waals surface area contributed by atoms with Crippen molar-refractivity contribution in [3.05, 3.63) is 0 Å². The predicted octanol–water partition coefficient (Wildman–Crippen LogP) is -4.72. The zero-order chi connectivity index (χ0) is 4.50. The molecule has 0 amide bonds. The van der Waals surface area contributed by atoms with Gasteiger partial charge in [-0.25, -0.2) is 0 Å². The van der Waals surface area contributed by atoms with Gasteiger partial charge in [-0.15, -0.1) is 0 Å². The molecule has 0 saturated heterocycles. The molecule has 0 aromatic carbocycles. The fourth-order valence-electron chi connectivity index (χ4n) is 0. The van der Waals surface area contributed by atoms with E-state index < -0.39 is 10.4 Å². The first-order valence-corrected chi connectivity index (χ1v) is 2.00. The van der Waals surface area contributed by atoms with E-state index >= 15 is 0 Å². The van der Waals surface area contributed by atoms with Gasteiger partial charge < -0.3 is 26.1 Å². The third kappa shape index (κ3) is 126. The van der Waals surface area contributed by atoms with Crippen LogP contribution < -0.4 is 17.0 Å². The molecule has 0 aliphatic carbocycles. The van der Waals surface area contributed by atoms with Gasteiger partial charge in [-0.2, -0.15) is 0 Å². The van der Waals surface area contributed by atoms with E-state index in [0.717, 1.165) is 0 Å². The van der Waals surface area contributed by atoms with Crippen LogP contribution >= 0.6 is 0 Å². The Kier molecular flexibility index (Phi) is 24.4. The maximum absolute atomic E-state index is 8.52. The minimum atomic E-state index is -5.17. The summed E-state index contributed by atoms with van der Waals surface area (Å²) in [5, 5.41) is 0. The van der Waals surface area contributed by atoms with Crippen molar-refractivity contribution in [2.24, 2.45) is 0 Å². The van der Waals surface area contributed by atoms with Crippen LogP contribution in [0.5, 0.6) is 0 Å². The second kappa shape index (κ2) is 8.64. The van der Waals surface area contributed by atoms with Crippen molar-refractivity contribution in [2.45, 2.75) is 0 Å². The molecule has 4 nitrogen and oxygen atoms in total. The summed E-state index contributed by atoms with van der Waals surface area (Å²) in [6.07, 6.45) is 0. The summed E-state index contributed by atoms with van der Waals surface area (Å²) in [6.45, 7) is 0. The molecule has 8 heteroatoms. The average Bonchev–Trinajstić information content (AvgIpc) is 0.722. The monoisotopic (exact) mass is 255 g/mol. The van der Waals surface area contributed by atoms with Gasteiger partial charge in [-0.05, 0) is 0 Å². The van der Waals surface area contributed by atoms with Crippen molar-refractivity contribution in [2.75, 3.05) is 0 Å². The molecule has 1 radical (unpaired) electrons. The van der Waals surface area contributed by atoms with Crippen molar-refractivity contribution in [3.63, 3.8) is 0 Å². The molecular formula is BrFeMgO4S+2. The fourth-order valence-corrected chi connectivity index (χ4v) is 0. The van der Waals surface area contributed by atoms with Crippen LogP contribution in [-0.2, 0) is 27.5 Å². The van der Waals surface area contributed by atoms with E-state index in [4.69, 9.17) is 17.5 Å². The minimum absolute atomic E-state index is 0. The summed E-state index contributed by atoms with van der Waals surface area (Å²) in [5.74, 6) is 0. The van der Waals surface area contributed by atoms with Crippen molar-refractivity contribution in [1.82, 2.24) is 0 Å². The Labute approximate surface area is 84.4 Å². The van der Waals surface area contributed by atoms with Crippen LogP contribution in [-0.4, -0.2) is 40.6 Å². The summed E-state index contributed by atoms with van der Waals surface area (Å²) < 4.78 is 34.1. The van der Waals surface area contributed by atoms with Crippen molar-refractivity contribution in [1.29, 1.82) is 0 Å². The Hall–Kier alpha value is 1.64. The van der Waals surface area contributed by atoms with Crippen molar-refractivity contribution >= 4 is 33.5 Å². The summed E-state index contributed by atoms with van der Waals surface area (Å²) >= 11 is 0. The van der Waals surface area contributed by atoms with E-state index in [0.29, 0.717) is 0 Å². The zero-order valence-corrected chi connectivity index (χ0v) is 8.40.